The molecule has 1 aromatic carbocycles. The van der Waals surface area contributed by atoms with Gasteiger partial charge in [-0.15, -0.1) is 11.8 Å². The number of anilines is 2. The van der Waals surface area contributed by atoms with E-state index in [0.29, 0.717) is 22.9 Å². The summed E-state index contributed by atoms with van der Waals surface area (Å²) in [4.78, 5) is 3.28. The number of nitrogen functional groups attached to an aromatic ring is 2. The molecule has 2 aliphatic rings. The van der Waals surface area contributed by atoms with Crippen LogP contribution in [0.2, 0.25) is 0 Å². The minimum absolute atomic E-state index is 0.107. The van der Waals surface area contributed by atoms with Crippen molar-refractivity contribution in [2.75, 3.05) is 37.4 Å². The van der Waals surface area contributed by atoms with E-state index in [2.05, 4.69) is 4.90 Å². The van der Waals surface area contributed by atoms with Gasteiger partial charge in [0, 0.05) is 24.9 Å². The Labute approximate surface area is 117 Å². The molecule has 0 radical (unpaired) electrons. The zero-order valence-electron chi connectivity index (χ0n) is 11.0. The van der Waals surface area contributed by atoms with Crippen molar-refractivity contribution in [3.63, 3.8) is 0 Å². The van der Waals surface area contributed by atoms with Crippen molar-refractivity contribution < 1.29 is 9.47 Å². The van der Waals surface area contributed by atoms with Gasteiger partial charge in [0.2, 0.25) is 0 Å². The molecule has 5 nitrogen and oxygen atoms in total. The Morgan fingerprint density at radius 2 is 2.11 bits per heavy atom. The molecule has 1 unspecified atom stereocenters. The van der Waals surface area contributed by atoms with Crippen molar-refractivity contribution in [2.45, 2.75) is 24.0 Å². The summed E-state index contributed by atoms with van der Waals surface area (Å²) in [5, 5.41) is 0. The number of benzene rings is 1. The van der Waals surface area contributed by atoms with Gasteiger partial charge in [0.15, 0.2) is 12.0 Å². The number of hydrogen-bond acceptors (Lipinski definition) is 6. The van der Waals surface area contributed by atoms with Crippen LogP contribution in [0.15, 0.2) is 11.0 Å². The summed E-state index contributed by atoms with van der Waals surface area (Å²) in [7, 11) is 1.60. The maximum atomic E-state index is 6.09. The summed E-state index contributed by atoms with van der Waals surface area (Å²) in [6.45, 7) is 2.21. The second-order valence-corrected chi connectivity index (χ2v) is 5.90. The van der Waals surface area contributed by atoms with Crippen molar-refractivity contribution >= 4 is 23.1 Å². The monoisotopic (exact) mass is 281 g/mol. The number of likely N-dealkylation sites (tertiary alicyclic amines) is 1. The number of rotatable bonds is 2. The van der Waals surface area contributed by atoms with Crippen molar-refractivity contribution in [1.82, 2.24) is 4.90 Å². The van der Waals surface area contributed by atoms with E-state index in [1.54, 1.807) is 24.9 Å². The lowest BCUT2D eigenvalue weighted by Gasteiger charge is -2.33. The smallest absolute Gasteiger partial charge is 0.162 e. The first-order valence-corrected chi connectivity index (χ1v) is 7.48. The average Bonchev–Trinajstić information content (AvgIpc) is 2.96. The predicted molar refractivity (Wildman–Crippen MR) is 77.8 cm³/mol. The highest BCUT2D eigenvalue weighted by molar-refractivity contribution is 7.99. The fraction of sp³-hybridized carbons (Fsp3) is 0.538. The minimum Gasteiger partial charge on any atom is -0.494 e. The molecule has 1 fully saturated rings. The van der Waals surface area contributed by atoms with Crippen LogP contribution in [0.1, 0.15) is 12.8 Å². The Morgan fingerprint density at radius 1 is 1.37 bits per heavy atom. The Hall–Kier alpha value is -1.27. The van der Waals surface area contributed by atoms with E-state index in [1.807, 2.05) is 0 Å². The predicted octanol–water partition coefficient (Wildman–Crippen LogP) is 1.77. The third kappa shape index (κ3) is 2.19. The first-order chi connectivity index (χ1) is 9.20. The number of ether oxygens (including phenoxy) is 2. The molecule has 0 spiro atoms. The molecule has 0 amide bonds. The van der Waals surface area contributed by atoms with Gasteiger partial charge in [0.05, 0.1) is 23.4 Å². The van der Waals surface area contributed by atoms with Crippen LogP contribution < -0.4 is 20.9 Å². The second-order valence-electron chi connectivity index (χ2n) is 4.87. The molecule has 1 saturated heterocycles. The Balaban J connectivity index is 1.90. The van der Waals surface area contributed by atoms with Gasteiger partial charge in [0.25, 0.3) is 0 Å². The lowest BCUT2D eigenvalue weighted by Crippen LogP contribution is -2.41. The van der Waals surface area contributed by atoms with Gasteiger partial charge in [-0.1, -0.05) is 0 Å². The number of methoxy groups -OCH3 is 1. The third-order valence-corrected chi connectivity index (χ3v) is 4.80. The molecule has 0 bridgehead atoms. The lowest BCUT2D eigenvalue weighted by atomic mass is 10.2. The van der Waals surface area contributed by atoms with Crippen LogP contribution >= 0.6 is 11.8 Å². The highest BCUT2D eigenvalue weighted by atomic mass is 32.2. The molecule has 4 N–H and O–H groups in total. The molecule has 0 aromatic heterocycles. The van der Waals surface area contributed by atoms with Crippen LogP contribution in [-0.4, -0.2) is 37.1 Å². The van der Waals surface area contributed by atoms with Crippen molar-refractivity contribution in [3.8, 4) is 11.5 Å². The zero-order valence-corrected chi connectivity index (χ0v) is 11.8. The number of nitrogens with two attached hydrogens (primary N) is 2. The Morgan fingerprint density at radius 3 is 2.79 bits per heavy atom. The van der Waals surface area contributed by atoms with Gasteiger partial charge in [-0.3, -0.25) is 4.90 Å². The molecule has 2 heterocycles. The van der Waals surface area contributed by atoms with Crippen LogP contribution in [0.3, 0.4) is 0 Å². The van der Waals surface area contributed by atoms with Crippen LogP contribution in [-0.2, 0) is 0 Å². The third-order valence-electron chi connectivity index (χ3n) is 3.66. The number of nitrogens with zero attached hydrogens (tertiary/aromatic N) is 1. The average molecular weight is 281 g/mol. The minimum atomic E-state index is 0.107. The molecular weight excluding hydrogens is 262 g/mol. The first-order valence-electron chi connectivity index (χ1n) is 6.50. The van der Waals surface area contributed by atoms with E-state index in [4.69, 9.17) is 20.9 Å². The Bertz CT molecular complexity index is 489. The molecule has 1 atom stereocenters. The summed E-state index contributed by atoms with van der Waals surface area (Å²) in [5.41, 5.74) is 13.4. The molecule has 2 aliphatic heterocycles. The quantitative estimate of drug-likeness (QED) is 0.805. The maximum absolute atomic E-state index is 6.09. The topological polar surface area (TPSA) is 73.7 Å². The van der Waals surface area contributed by atoms with Crippen LogP contribution in [0, 0.1) is 0 Å². The standard InChI is InChI=1S/C13H19N3O2S/c1-17-9-6-8(14)12-13(11(9)15)19-7-10(18-12)16-4-2-3-5-16/h6,10H,2-5,7,14-15H2,1H3. The molecule has 104 valence electrons. The molecule has 3 rings (SSSR count). The molecule has 1 aromatic rings. The summed E-state index contributed by atoms with van der Waals surface area (Å²) in [6, 6.07) is 1.74. The van der Waals surface area contributed by atoms with Gasteiger partial charge in [-0.05, 0) is 12.8 Å². The summed E-state index contributed by atoms with van der Waals surface area (Å²) < 4.78 is 11.3. The normalized spacial score (nSPS) is 22.9. The largest absolute Gasteiger partial charge is 0.494 e. The van der Waals surface area contributed by atoms with Gasteiger partial charge in [-0.2, -0.15) is 0 Å². The first kappa shape index (κ1) is 12.7. The molecule has 19 heavy (non-hydrogen) atoms. The lowest BCUT2D eigenvalue weighted by molar-refractivity contribution is 0.0584. The van der Waals surface area contributed by atoms with Gasteiger partial charge < -0.3 is 20.9 Å². The molecule has 0 aliphatic carbocycles. The van der Waals surface area contributed by atoms with Crippen molar-refractivity contribution in [2.24, 2.45) is 0 Å². The SMILES string of the molecule is COc1cc(N)c2c(c1N)SCC(N1CCCC1)O2. The van der Waals surface area contributed by atoms with Gasteiger partial charge >= 0.3 is 0 Å². The van der Waals surface area contributed by atoms with E-state index in [1.165, 1.54) is 12.8 Å². The molecule has 0 saturated carbocycles. The van der Waals surface area contributed by atoms with Crippen molar-refractivity contribution in [3.05, 3.63) is 6.07 Å². The molecule has 6 heteroatoms. The van der Waals surface area contributed by atoms with E-state index in [-0.39, 0.29) is 6.23 Å². The van der Waals surface area contributed by atoms with Gasteiger partial charge in [-0.25, -0.2) is 0 Å². The highest BCUT2D eigenvalue weighted by Crippen LogP contribution is 2.48. The van der Waals surface area contributed by atoms with Crippen molar-refractivity contribution in [1.29, 1.82) is 0 Å². The number of fused-ring (bicyclic) bond motifs is 1. The van der Waals surface area contributed by atoms with Crippen LogP contribution in [0.4, 0.5) is 11.4 Å². The maximum Gasteiger partial charge on any atom is 0.162 e. The summed E-state index contributed by atoms with van der Waals surface area (Å²) in [6.07, 6.45) is 2.60. The molecular formula is C13H19N3O2S. The fourth-order valence-corrected chi connectivity index (χ4v) is 3.76. The number of hydrogen-bond donors (Lipinski definition) is 2. The van der Waals surface area contributed by atoms with Gasteiger partial charge in [0.1, 0.15) is 5.75 Å². The number of thioether (sulfide) groups is 1. The second kappa shape index (κ2) is 5.02. The van der Waals surface area contributed by atoms with E-state index in [9.17, 15) is 0 Å². The summed E-state index contributed by atoms with van der Waals surface area (Å²) in [5.74, 6) is 2.21. The van der Waals surface area contributed by atoms with Crippen LogP contribution in [0.5, 0.6) is 11.5 Å². The van der Waals surface area contributed by atoms with E-state index in [0.717, 1.165) is 23.7 Å². The zero-order chi connectivity index (χ0) is 13.4. The highest BCUT2D eigenvalue weighted by Gasteiger charge is 2.31. The summed E-state index contributed by atoms with van der Waals surface area (Å²) >= 11 is 1.70. The Kier molecular flexibility index (Phi) is 3.36. The van der Waals surface area contributed by atoms with E-state index >= 15 is 0 Å². The van der Waals surface area contributed by atoms with E-state index < -0.39 is 0 Å². The van der Waals surface area contributed by atoms with Crippen LogP contribution in [0.25, 0.3) is 0 Å². The fourth-order valence-electron chi connectivity index (χ4n) is 2.62.